The molecule has 34 heavy (non-hydrogen) atoms. The molecule has 0 aliphatic carbocycles. The van der Waals surface area contributed by atoms with E-state index < -0.39 is 21.7 Å². The predicted octanol–water partition coefficient (Wildman–Crippen LogP) is 6.13. The fourth-order valence-corrected chi connectivity index (χ4v) is 5.05. The van der Waals surface area contributed by atoms with Crippen LogP contribution in [0, 0.1) is 5.82 Å². The number of anilines is 2. The van der Waals surface area contributed by atoms with Gasteiger partial charge in [0.2, 0.25) is 0 Å². The largest absolute Gasteiger partial charge is 0.298 e. The molecule has 9 heteroatoms. The average molecular weight is 496 g/mol. The van der Waals surface area contributed by atoms with E-state index in [1.807, 2.05) is 17.5 Å². The second kappa shape index (κ2) is 9.74. The van der Waals surface area contributed by atoms with Crippen LogP contribution in [0.5, 0.6) is 0 Å². The van der Waals surface area contributed by atoms with Crippen LogP contribution in [0.25, 0.3) is 11.3 Å². The molecule has 0 radical (unpaired) electrons. The van der Waals surface area contributed by atoms with Gasteiger partial charge in [-0.05, 0) is 47.9 Å². The third-order valence-electron chi connectivity index (χ3n) is 5.14. The number of hydrogen-bond acceptors (Lipinski definition) is 5. The molecule has 0 aliphatic heterocycles. The molecule has 3 aromatic carbocycles. The first kappa shape index (κ1) is 23.6. The van der Waals surface area contributed by atoms with Gasteiger partial charge >= 0.3 is 0 Å². The first-order chi connectivity index (χ1) is 16.2. The number of hydrogen-bond donors (Lipinski definition) is 2. The highest BCUT2D eigenvalue weighted by Gasteiger charge is 2.19. The van der Waals surface area contributed by atoms with Crippen molar-refractivity contribution in [2.75, 3.05) is 10.0 Å². The van der Waals surface area contributed by atoms with Crippen LogP contribution in [0.2, 0.25) is 0 Å². The van der Waals surface area contributed by atoms with E-state index in [9.17, 15) is 17.6 Å². The Morgan fingerprint density at radius 2 is 1.65 bits per heavy atom. The maximum atomic E-state index is 13.2. The van der Waals surface area contributed by atoms with Crippen molar-refractivity contribution in [1.82, 2.24) is 4.98 Å². The van der Waals surface area contributed by atoms with Gasteiger partial charge in [0.25, 0.3) is 15.9 Å². The van der Waals surface area contributed by atoms with Gasteiger partial charge in [0.1, 0.15) is 5.82 Å². The molecule has 4 aromatic rings. The number of halogens is 1. The molecule has 0 aliphatic rings. The normalized spacial score (nSPS) is 11.4. The Balaban J connectivity index is 1.52. The van der Waals surface area contributed by atoms with Crippen LogP contribution >= 0.6 is 11.3 Å². The fraction of sp³-hybridized carbons (Fsp3) is 0.120. The molecular formula is C25H22FN3O3S2. The molecule has 0 spiro atoms. The highest BCUT2D eigenvalue weighted by Crippen LogP contribution is 2.28. The highest BCUT2D eigenvalue weighted by molar-refractivity contribution is 7.92. The first-order valence-corrected chi connectivity index (χ1v) is 12.8. The van der Waals surface area contributed by atoms with E-state index in [-0.39, 0.29) is 16.1 Å². The summed E-state index contributed by atoms with van der Waals surface area (Å²) in [6.07, 6.45) is 0. The Kier molecular flexibility index (Phi) is 6.76. The number of carbonyl (C=O) groups excluding carboxylic acids is 1. The number of benzene rings is 3. The third-order valence-corrected chi connectivity index (χ3v) is 7.28. The summed E-state index contributed by atoms with van der Waals surface area (Å²) in [7, 11) is -4.01. The third kappa shape index (κ3) is 5.32. The highest BCUT2D eigenvalue weighted by atomic mass is 32.2. The summed E-state index contributed by atoms with van der Waals surface area (Å²) >= 11 is 1.28. The molecule has 174 valence electrons. The van der Waals surface area contributed by atoms with Gasteiger partial charge in [0.15, 0.2) is 5.13 Å². The summed E-state index contributed by atoms with van der Waals surface area (Å²) in [6, 6.07) is 18.8. The number of nitrogens with zero attached hydrogens (tertiary/aromatic N) is 1. The number of rotatable bonds is 7. The molecule has 6 nitrogen and oxygen atoms in total. The lowest BCUT2D eigenvalue weighted by molar-refractivity contribution is 0.102. The molecule has 0 saturated heterocycles. The quantitative estimate of drug-likeness (QED) is 0.323. The minimum absolute atomic E-state index is 0.102. The molecule has 1 aromatic heterocycles. The summed E-state index contributed by atoms with van der Waals surface area (Å²) in [5.74, 6) is -0.620. The Bertz CT molecular complexity index is 1410. The van der Waals surface area contributed by atoms with Crippen LogP contribution in [0.1, 0.15) is 35.7 Å². The van der Waals surface area contributed by atoms with Crippen LogP contribution in [-0.2, 0) is 10.0 Å². The van der Waals surface area contributed by atoms with Crippen molar-refractivity contribution in [3.05, 3.63) is 95.1 Å². The van der Waals surface area contributed by atoms with Gasteiger partial charge < -0.3 is 0 Å². The van der Waals surface area contributed by atoms with Gasteiger partial charge in [-0.2, -0.15) is 0 Å². The van der Waals surface area contributed by atoms with Crippen molar-refractivity contribution in [1.29, 1.82) is 0 Å². The van der Waals surface area contributed by atoms with Crippen molar-refractivity contribution in [3.8, 4) is 11.3 Å². The molecule has 2 N–H and O–H groups in total. The van der Waals surface area contributed by atoms with E-state index in [0.29, 0.717) is 11.0 Å². The summed E-state index contributed by atoms with van der Waals surface area (Å²) in [4.78, 5) is 17.3. The predicted molar refractivity (Wildman–Crippen MR) is 133 cm³/mol. The van der Waals surface area contributed by atoms with Crippen molar-refractivity contribution < 1.29 is 17.6 Å². The number of para-hydroxylation sites is 1. The number of carbonyl (C=O) groups is 1. The van der Waals surface area contributed by atoms with Crippen molar-refractivity contribution >= 4 is 38.1 Å². The number of thiazole rings is 1. The fourth-order valence-electron chi connectivity index (χ4n) is 3.25. The van der Waals surface area contributed by atoms with E-state index in [2.05, 4.69) is 41.0 Å². The van der Waals surface area contributed by atoms with Crippen LogP contribution < -0.4 is 10.0 Å². The molecule has 4 rings (SSSR count). The zero-order valence-electron chi connectivity index (χ0n) is 18.4. The Morgan fingerprint density at radius 1 is 0.971 bits per heavy atom. The van der Waals surface area contributed by atoms with E-state index >= 15 is 0 Å². The van der Waals surface area contributed by atoms with E-state index in [0.717, 1.165) is 35.5 Å². The van der Waals surface area contributed by atoms with E-state index in [4.69, 9.17) is 0 Å². The van der Waals surface area contributed by atoms with Crippen LogP contribution in [0.4, 0.5) is 15.2 Å². The monoisotopic (exact) mass is 495 g/mol. The lowest BCUT2D eigenvalue weighted by atomic mass is 10.0. The van der Waals surface area contributed by atoms with Crippen molar-refractivity contribution in [3.63, 3.8) is 0 Å². The molecule has 0 unspecified atom stereocenters. The molecule has 0 atom stereocenters. The topological polar surface area (TPSA) is 88.2 Å². The van der Waals surface area contributed by atoms with Gasteiger partial charge in [0, 0.05) is 10.9 Å². The lowest BCUT2D eigenvalue weighted by Crippen LogP contribution is -2.18. The molecule has 1 heterocycles. The number of nitrogens with one attached hydrogen (secondary N) is 2. The second-order valence-electron chi connectivity index (χ2n) is 7.87. The molecule has 0 fully saturated rings. The summed E-state index contributed by atoms with van der Waals surface area (Å²) in [5.41, 5.74) is 3.14. The van der Waals surface area contributed by atoms with Crippen molar-refractivity contribution in [2.45, 2.75) is 24.7 Å². The van der Waals surface area contributed by atoms with Crippen LogP contribution in [0.15, 0.2) is 83.1 Å². The van der Waals surface area contributed by atoms with Gasteiger partial charge in [-0.3, -0.25) is 14.8 Å². The molecule has 0 saturated carbocycles. The molecule has 0 bridgehead atoms. The zero-order chi connectivity index (χ0) is 24.3. The van der Waals surface area contributed by atoms with Crippen LogP contribution in [0.3, 0.4) is 0 Å². The maximum Gasteiger partial charge on any atom is 0.261 e. The Hall–Kier alpha value is -3.56. The first-order valence-electron chi connectivity index (χ1n) is 10.5. The Labute approximate surface area is 201 Å². The molecular weight excluding hydrogens is 473 g/mol. The van der Waals surface area contributed by atoms with E-state index in [1.54, 1.807) is 12.1 Å². The lowest BCUT2D eigenvalue weighted by Gasteiger charge is -2.12. The minimum Gasteiger partial charge on any atom is -0.298 e. The second-order valence-corrected chi connectivity index (χ2v) is 10.4. The van der Waals surface area contributed by atoms with Crippen molar-refractivity contribution in [2.24, 2.45) is 0 Å². The standard InChI is InChI=1S/C25H22FN3O3S2/c1-16(2)17-7-9-18(10-8-17)23-15-33-25(27-23)28-24(30)21-5-3-4-6-22(21)29-34(31,32)20-13-11-19(26)12-14-20/h3-16,29H,1-2H3,(H,27,28,30). The van der Waals surface area contributed by atoms with Crippen LogP contribution in [-0.4, -0.2) is 19.3 Å². The number of sulfonamides is 1. The Morgan fingerprint density at radius 3 is 2.32 bits per heavy atom. The smallest absolute Gasteiger partial charge is 0.261 e. The number of aromatic nitrogens is 1. The van der Waals surface area contributed by atoms with Gasteiger partial charge in [-0.15, -0.1) is 11.3 Å². The zero-order valence-corrected chi connectivity index (χ0v) is 20.1. The summed E-state index contributed by atoms with van der Waals surface area (Å²) < 4.78 is 41.0. The SMILES string of the molecule is CC(C)c1ccc(-c2csc(NC(=O)c3ccccc3NS(=O)(=O)c3ccc(F)cc3)n2)cc1. The van der Waals surface area contributed by atoms with Gasteiger partial charge in [-0.1, -0.05) is 50.2 Å². The summed E-state index contributed by atoms with van der Waals surface area (Å²) in [6.45, 7) is 4.26. The average Bonchev–Trinajstić information content (AvgIpc) is 3.28. The number of amides is 1. The maximum absolute atomic E-state index is 13.2. The molecule has 1 amide bonds. The minimum atomic E-state index is -4.01. The van der Waals surface area contributed by atoms with E-state index in [1.165, 1.54) is 29.0 Å². The summed E-state index contributed by atoms with van der Waals surface area (Å²) in [5, 5.41) is 4.98. The van der Waals surface area contributed by atoms with Gasteiger partial charge in [-0.25, -0.2) is 17.8 Å². The van der Waals surface area contributed by atoms with Gasteiger partial charge in [0.05, 0.1) is 21.8 Å².